The minimum Gasteiger partial charge on any atom is -0.464 e. The highest BCUT2D eigenvalue weighted by atomic mass is 32.2. The van der Waals surface area contributed by atoms with E-state index >= 15 is 0 Å². The molecule has 0 unspecified atom stereocenters. The summed E-state index contributed by atoms with van der Waals surface area (Å²) < 4.78 is 34.4. The first-order chi connectivity index (χ1) is 9.13. The van der Waals surface area contributed by atoms with Crippen LogP contribution < -0.4 is 5.32 Å². The summed E-state index contributed by atoms with van der Waals surface area (Å²) >= 11 is 0.551. The molecule has 19 heavy (non-hydrogen) atoms. The Morgan fingerprint density at radius 2 is 2.11 bits per heavy atom. The fourth-order valence-corrected chi connectivity index (χ4v) is 2.00. The van der Waals surface area contributed by atoms with Crippen molar-refractivity contribution < 1.29 is 17.7 Å². The Balaban J connectivity index is 1.74. The van der Waals surface area contributed by atoms with Gasteiger partial charge in [0.05, 0.1) is 18.0 Å². The number of aromatic nitrogens is 1. The van der Waals surface area contributed by atoms with Gasteiger partial charge in [-0.25, -0.2) is 0 Å². The number of furan rings is 1. The zero-order chi connectivity index (χ0) is 13.7. The molecule has 2 aromatic rings. The molecule has 2 aromatic heterocycles. The SMILES string of the molecule is Cc1cc(CNCc2ccc(CSC(F)F)o2)no1. The zero-order valence-corrected chi connectivity index (χ0v) is 11.2. The van der Waals surface area contributed by atoms with Gasteiger partial charge in [-0.1, -0.05) is 16.9 Å². The molecule has 2 rings (SSSR count). The van der Waals surface area contributed by atoms with Crippen molar-refractivity contribution in [2.24, 2.45) is 0 Å². The summed E-state index contributed by atoms with van der Waals surface area (Å²) in [5.41, 5.74) is 0.817. The summed E-state index contributed by atoms with van der Waals surface area (Å²) in [5, 5.41) is 6.98. The first-order valence-electron chi connectivity index (χ1n) is 5.74. The number of nitrogens with zero attached hydrogens (tertiary/aromatic N) is 1. The molecule has 0 aliphatic carbocycles. The Labute approximate surface area is 113 Å². The Bertz CT molecular complexity index is 513. The number of alkyl halides is 2. The summed E-state index contributed by atoms with van der Waals surface area (Å²) in [7, 11) is 0. The van der Waals surface area contributed by atoms with E-state index in [1.54, 1.807) is 12.1 Å². The van der Waals surface area contributed by atoms with Crippen molar-refractivity contribution in [2.45, 2.75) is 31.5 Å². The highest BCUT2D eigenvalue weighted by Gasteiger charge is 2.07. The van der Waals surface area contributed by atoms with Gasteiger partial charge in [0.15, 0.2) is 0 Å². The van der Waals surface area contributed by atoms with Crippen molar-refractivity contribution in [3.63, 3.8) is 0 Å². The molecule has 1 N–H and O–H groups in total. The Kier molecular flexibility index (Phi) is 4.98. The van der Waals surface area contributed by atoms with E-state index in [0.717, 1.165) is 11.5 Å². The predicted octanol–water partition coefficient (Wildman–Crippen LogP) is 3.32. The Morgan fingerprint density at radius 3 is 2.79 bits per heavy atom. The standard InChI is InChI=1S/C12H14F2N2O2S/c1-8-4-9(16-18-8)5-15-6-10-2-3-11(17-10)7-19-12(13)14/h2-4,12,15H,5-7H2,1H3. The van der Waals surface area contributed by atoms with Crippen molar-refractivity contribution in [1.29, 1.82) is 0 Å². The zero-order valence-electron chi connectivity index (χ0n) is 10.4. The van der Waals surface area contributed by atoms with Gasteiger partial charge in [-0.15, -0.1) is 0 Å². The lowest BCUT2D eigenvalue weighted by Gasteiger charge is -1.99. The van der Waals surface area contributed by atoms with Crippen LogP contribution in [-0.4, -0.2) is 10.9 Å². The van der Waals surface area contributed by atoms with Gasteiger partial charge in [0.2, 0.25) is 0 Å². The lowest BCUT2D eigenvalue weighted by atomic mass is 10.3. The largest absolute Gasteiger partial charge is 0.464 e. The summed E-state index contributed by atoms with van der Waals surface area (Å²) in [6.07, 6.45) is 0. The van der Waals surface area contributed by atoms with Crippen molar-refractivity contribution in [3.8, 4) is 0 Å². The molecule has 4 nitrogen and oxygen atoms in total. The van der Waals surface area contributed by atoms with Crippen molar-refractivity contribution in [1.82, 2.24) is 10.5 Å². The predicted molar refractivity (Wildman–Crippen MR) is 67.8 cm³/mol. The van der Waals surface area contributed by atoms with Crippen LogP contribution in [0.1, 0.15) is 23.0 Å². The maximum atomic E-state index is 12.0. The van der Waals surface area contributed by atoms with Crippen LogP contribution in [-0.2, 0) is 18.8 Å². The molecule has 7 heteroatoms. The molecule has 0 aliphatic heterocycles. The molecule has 104 valence electrons. The van der Waals surface area contributed by atoms with Crippen LogP contribution in [0.4, 0.5) is 8.78 Å². The topological polar surface area (TPSA) is 51.2 Å². The van der Waals surface area contributed by atoms with Crippen LogP contribution in [0, 0.1) is 6.92 Å². The third-order valence-corrected chi connectivity index (χ3v) is 3.05. The van der Waals surface area contributed by atoms with Crippen molar-refractivity contribution in [2.75, 3.05) is 0 Å². The van der Waals surface area contributed by atoms with E-state index < -0.39 is 5.76 Å². The van der Waals surface area contributed by atoms with Gasteiger partial charge < -0.3 is 14.3 Å². The minimum atomic E-state index is -2.37. The molecule has 0 aromatic carbocycles. The second-order valence-electron chi connectivity index (χ2n) is 3.97. The number of hydrogen-bond donors (Lipinski definition) is 1. The molecular weight excluding hydrogens is 274 g/mol. The Morgan fingerprint density at radius 1 is 1.32 bits per heavy atom. The highest BCUT2D eigenvalue weighted by molar-refractivity contribution is 7.98. The average Bonchev–Trinajstić information content (AvgIpc) is 2.96. The van der Waals surface area contributed by atoms with Crippen LogP contribution in [0.3, 0.4) is 0 Å². The fourth-order valence-electron chi connectivity index (χ4n) is 1.56. The second kappa shape index (κ2) is 6.72. The van der Waals surface area contributed by atoms with Gasteiger partial charge in [0.1, 0.15) is 17.3 Å². The smallest absolute Gasteiger partial charge is 0.284 e. The first kappa shape index (κ1) is 14.1. The summed E-state index contributed by atoms with van der Waals surface area (Å²) in [4.78, 5) is 0. The van der Waals surface area contributed by atoms with Crippen LogP contribution in [0.25, 0.3) is 0 Å². The van der Waals surface area contributed by atoms with E-state index in [4.69, 9.17) is 8.94 Å². The number of rotatable bonds is 7. The molecule has 0 aliphatic rings. The summed E-state index contributed by atoms with van der Waals surface area (Å²) in [6, 6.07) is 5.34. The molecule has 0 atom stereocenters. The Hall–Kier alpha value is -1.34. The lowest BCUT2D eigenvalue weighted by Crippen LogP contribution is -2.12. The van der Waals surface area contributed by atoms with Gasteiger partial charge in [-0.2, -0.15) is 8.78 Å². The number of nitrogens with one attached hydrogen (secondary N) is 1. The van der Waals surface area contributed by atoms with E-state index in [2.05, 4.69) is 10.5 Å². The highest BCUT2D eigenvalue weighted by Crippen LogP contribution is 2.21. The normalized spacial score (nSPS) is 11.4. The number of hydrogen-bond acceptors (Lipinski definition) is 5. The monoisotopic (exact) mass is 288 g/mol. The molecule has 0 spiro atoms. The van der Waals surface area contributed by atoms with Crippen molar-refractivity contribution in [3.05, 3.63) is 41.2 Å². The van der Waals surface area contributed by atoms with Crippen LogP contribution in [0.2, 0.25) is 0 Å². The van der Waals surface area contributed by atoms with Gasteiger partial charge in [0.25, 0.3) is 5.76 Å². The molecule has 0 radical (unpaired) electrons. The molecule has 0 amide bonds. The fraction of sp³-hybridized carbons (Fsp3) is 0.417. The third-order valence-electron chi connectivity index (χ3n) is 2.35. The van der Waals surface area contributed by atoms with E-state index in [0.29, 0.717) is 36.4 Å². The second-order valence-corrected chi connectivity index (χ2v) is 4.95. The van der Waals surface area contributed by atoms with Gasteiger partial charge in [-0.3, -0.25) is 0 Å². The van der Waals surface area contributed by atoms with E-state index in [9.17, 15) is 8.78 Å². The van der Waals surface area contributed by atoms with E-state index in [1.807, 2.05) is 13.0 Å². The van der Waals surface area contributed by atoms with E-state index in [1.165, 1.54) is 0 Å². The first-order valence-corrected chi connectivity index (χ1v) is 6.78. The van der Waals surface area contributed by atoms with Crippen molar-refractivity contribution >= 4 is 11.8 Å². The van der Waals surface area contributed by atoms with Crippen LogP contribution in [0.15, 0.2) is 27.1 Å². The number of halogens is 2. The molecule has 0 saturated carbocycles. The van der Waals surface area contributed by atoms with Gasteiger partial charge in [0, 0.05) is 12.6 Å². The lowest BCUT2D eigenvalue weighted by molar-refractivity contribution is 0.251. The molecular formula is C12H14F2N2O2S. The maximum Gasteiger partial charge on any atom is 0.284 e. The third kappa shape index (κ3) is 4.68. The average molecular weight is 288 g/mol. The van der Waals surface area contributed by atoms with Gasteiger partial charge in [-0.05, 0) is 19.1 Å². The molecule has 0 bridgehead atoms. The molecule has 0 fully saturated rings. The van der Waals surface area contributed by atoms with Crippen LogP contribution >= 0.6 is 11.8 Å². The minimum absolute atomic E-state index is 0.181. The summed E-state index contributed by atoms with van der Waals surface area (Å²) in [6.45, 7) is 2.92. The number of thioether (sulfide) groups is 1. The quantitative estimate of drug-likeness (QED) is 0.847. The molecule has 0 saturated heterocycles. The van der Waals surface area contributed by atoms with Gasteiger partial charge >= 0.3 is 0 Å². The maximum absolute atomic E-state index is 12.0. The summed E-state index contributed by atoms with van der Waals surface area (Å²) in [5.74, 6) is -0.159. The van der Waals surface area contributed by atoms with Crippen LogP contribution in [0.5, 0.6) is 0 Å². The molecule has 2 heterocycles. The number of aryl methyl sites for hydroxylation is 1. The van der Waals surface area contributed by atoms with E-state index in [-0.39, 0.29) is 5.75 Å².